The van der Waals surface area contributed by atoms with Gasteiger partial charge in [-0.15, -0.1) is 0 Å². The Morgan fingerprint density at radius 1 is 1.48 bits per heavy atom. The van der Waals surface area contributed by atoms with Crippen LogP contribution in [0.2, 0.25) is 0 Å². The summed E-state index contributed by atoms with van der Waals surface area (Å²) in [4.78, 5) is 41.4. The molecule has 1 aliphatic rings. The van der Waals surface area contributed by atoms with E-state index in [-0.39, 0.29) is 23.1 Å². The molecule has 0 bridgehead atoms. The number of hydrogen-bond donors (Lipinski definition) is 3. The second-order valence-electron chi connectivity index (χ2n) is 5.64. The number of anilines is 1. The zero-order chi connectivity index (χ0) is 16.4. The van der Waals surface area contributed by atoms with Gasteiger partial charge in [0, 0.05) is 38.9 Å². The number of nitrogens with one attached hydrogen (secondary N) is 3. The minimum absolute atomic E-state index is 0.143. The number of carbonyl (C=O) groups excluding carboxylic acids is 1. The molecule has 1 amide bonds. The van der Waals surface area contributed by atoms with Crippen molar-refractivity contribution in [1.82, 2.24) is 25.1 Å². The maximum Gasteiger partial charge on any atom is 0.323 e. The highest BCUT2D eigenvalue weighted by Gasteiger charge is 2.24. The largest absolute Gasteiger partial charge is 0.370 e. The van der Waals surface area contributed by atoms with E-state index in [0.717, 1.165) is 25.2 Å². The molecule has 0 radical (unpaired) electrons. The Hall–Kier alpha value is -2.84. The van der Waals surface area contributed by atoms with Gasteiger partial charge in [0.05, 0.1) is 11.9 Å². The minimum Gasteiger partial charge on any atom is -0.370 e. The van der Waals surface area contributed by atoms with Gasteiger partial charge < -0.3 is 20.2 Å². The van der Waals surface area contributed by atoms with Crippen molar-refractivity contribution < 1.29 is 4.79 Å². The smallest absolute Gasteiger partial charge is 0.323 e. The van der Waals surface area contributed by atoms with Crippen molar-refractivity contribution in [2.75, 3.05) is 24.5 Å². The normalized spacial score (nSPS) is 17.4. The van der Waals surface area contributed by atoms with Crippen LogP contribution in [-0.2, 0) is 7.05 Å². The van der Waals surface area contributed by atoms with Crippen LogP contribution in [0.15, 0.2) is 28.0 Å². The molecule has 0 unspecified atom stereocenters. The maximum absolute atomic E-state index is 11.9. The third-order valence-corrected chi connectivity index (χ3v) is 4.00. The molecule has 2 aromatic rings. The van der Waals surface area contributed by atoms with Crippen LogP contribution < -0.4 is 21.5 Å². The highest BCUT2D eigenvalue weighted by atomic mass is 16.2. The van der Waals surface area contributed by atoms with Gasteiger partial charge in [-0.2, -0.15) is 5.10 Å². The Morgan fingerprint density at radius 2 is 2.30 bits per heavy atom. The third kappa shape index (κ3) is 3.33. The Morgan fingerprint density at radius 3 is 3.00 bits per heavy atom. The lowest BCUT2D eigenvalue weighted by molar-refractivity contribution is 0.0943. The standard InChI is InChI=1S/C14H18N6O3/c1-19-12(21)4-10(6-17-19)20-3-2-9(8-20)5-15-13(22)11-7-16-14(23)18-11/h4,6-7,9H,2-3,5,8H2,1H3,(H,15,22)(H2,16,18,23)/t9-/m0/s1. The Kier molecular flexibility index (Phi) is 4.00. The number of rotatable bonds is 4. The van der Waals surface area contributed by atoms with Gasteiger partial charge in [-0.3, -0.25) is 9.59 Å². The summed E-state index contributed by atoms with van der Waals surface area (Å²) >= 11 is 0. The Balaban J connectivity index is 1.55. The first-order valence-electron chi connectivity index (χ1n) is 7.37. The zero-order valence-corrected chi connectivity index (χ0v) is 12.7. The summed E-state index contributed by atoms with van der Waals surface area (Å²) in [5.41, 5.74) is 0.480. The SMILES string of the molecule is Cn1ncc(N2CC[C@@H](CNC(=O)c3c[nH]c(=O)[nH]3)C2)cc1=O. The van der Waals surface area contributed by atoms with Crippen LogP contribution in [0.5, 0.6) is 0 Å². The van der Waals surface area contributed by atoms with E-state index in [1.807, 2.05) is 0 Å². The number of amides is 1. The van der Waals surface area contributed by atoms with Gasteiger partial charge in [0.2, 0.25) is 0 Å². The topological polar surface area (TPSA) is 116 Å². The molecule has 0 saturated carbocycles. The van der Waals surface area contributed by atoms with Crippen molar-refractivity contribution in [1.29, 1.82) is 0 Å². The van der Waals surface area contributed by atoms with E-state index in [9.17, 15) is 14.4 Å². The molecule has 0 aromatic carbocycles. The zero-order valence-electron chi connectivity index (χ0n) is 12.7. The fourth-order valence-corrected chi connectivity index (χ4v) is 2.65. The highest BCUT2D eigenvalue weighted by Crippen LogP contribution is 2.21. The van der Waals surface area contributed by atoms with E-state index in [0.29, 0.717) is 6.54 Å². The van der Waals surface area contributed by atoms with Crippen LogP contribution in [0.3, 0.4) is 0 Å². The lowest BCUT2D eigenvalue weighted by Crippen LogP contribution is -2.31. The Labute approximate surface area is 131 Å². The summed E-state index contributed by atoms with van der Waals surface area (Å²) in [5, 5.41) is 6.83. The number of aryl methyl sites for hydroxylation is 1. The molecule has 0 aliphatic carbocycles. The highest BCUT2D eigenvalue weighted by molar-refractivity contribution is 5.91. The van der Waals surface area contributed by atoms with Gasteiger partial charge in [0.25, 0.3) is 11.5 Å². The number of hydrogen-bond acceptors (Lipinski definition) is 5. The molecule has 23 heavy (non-hydrogen) atoms. The van der Waals surface area contributed by atoms with Gasteiger partial charge in [0.1, 0.15) is 5.69 Å². The third-order valence-electron chi connectivity index (χ3n) is 4.00. The van der Waals surface area contributed by atoms with E-state index >= 15 is 0 Å². The monoisotopic (exact) mass is 318 g/mol. The molecule has 3 N–H and O–H groups in total. The van der Waals surface area contributed by atoms with Gasteiger partial charge in [-0.1, -0.05) is 0 Å². The predicted molar refractivity (Wildman–Crippen MR) is 83.5 cm³/mol. The van der Waals surface area contributed by atoms with Crippen LogP contribution in [0.1, 0.15) is 16.9 Å². The van der Waals surface area contributed by atoms with Crippen LogP contribution in [-0.4, -0.2) is 45.3 Å². The Bertz CT molecular complexity index is 820. The van der Waals surface area contributed by atoms with Crippen LogP contribution >= 0.6 is 0 Å². The molecule has 1 fully saturated rings. The minimum atomic E-state index is -0.402. The molecular weight excluding hydrogens is 300 g/mol. The molecular formula is C14H18N6O3. The molecule has 9 heteroatoms. The molecule has 3 rings (SSSR count). The van der Waals surface area contributed by atoms with Gasteiger partial charge in [-0.05, 0) is 12.3 Å². The van der Waals surface area contributed by atoms with Crippen molar-refractivity contribution in [2.45, 2.75) is 6.42 Å². The average molecular weight is 318 g/mol. The average Bonchev–Trinajstić information content (AvgIpc) is 3.17. The first-order chi connectivity index (χ1) is 11.0. The predicted octanol–water partition coefficient (Wildman–Crippen LogP) is -0.947. The van der Waals surface area contributed by atoms with Crippen molar-refractivity contribution in [3.63, 3.8) is 0 Å². The quantitative estimate of drug-likeness (QED) is 0.672. The molecule has 9 nitrogen and oxygen atoms in total. The summed E-state index contributed by atoms with van der Waals surface area (Å²) in [5.74, 6) is -0.0225. The van der Waals surface area contributed by atoms with E-state index in [2.05, 4.69) is 25.3 Å². The summed E-state index contributed by atoms with van der Waals surface area (Å²) in [6.45, 7) is 2.08. The lowest BCUT2D eigenvalue weighted by Gasteiger charge is -2.18. The maximum atomic E-state index is 11.9. The van der Waals surface area contributed by atoms with Crippen molar-refractivity contribution in [2.24, 2.45) is 13.0 Å². The van der Waals surface area contributed by atoms with Gasteiger partial charge >= 0.3 is 5.69 Å². The second kappa shape index (κ2) is 6.11. The molecule has 1 atom stereocenters. The number of aromatic amines is 2. The van der Waals surface area contributed by atoms with E-state index in [4.69, 9.17) is 0 Å². The number of H-pyrrole nitrogens is 2. The molecule has 122 valence electrons. The molecule has 0 spiro atoms. The fourth-order valence-electron chi connectivity index (χ4n) is 2.65. The molecule has 1 saturated heterocycles. The van der Waals surface area contributed by atoms with E-state index < -0.39 is 5.69 Å². The summed E-state index contributed by atoms with van der Waals surface area (Å²) < 4.78 is 1.29. The number of aromatic nitrogens is 4. The molecule has 1 aliphatic heterocycles. The summed E-state index contributed by atoms with van der Waals surface area (Å²) in [7, 11) is 1.61. The number of carbonyl (C=O) groups is 1. The summed E-state index contributed by atoms with van der Waals surface area (Å²) in [6, 6.07) is 1.57. The van der Waals surface area contributed by atoms with Crippen LogP contribution in [0.4, 0.5) is 5.69 Å². The second-order valence-corrected chi connectivity index (χ2v) is 5.64. The van der Waals surface area contributed by atoms with Crippen LogP contribution in [0, 0.1) is 5.92 Å². The van der Waals surface area contributed by atoms with E-state index in [1.54, 1.807) is 19.3 Å². The van der Waals surface area contributed by atoms with E-state index in [1.165, 1.54) is 10.9 Å². The molecule has 3 heterocycles. The van der Waals surface area contributed by atoms with Gasteiger partial charge in [-0.25, -0.2) is 9.48 Å². The fraction of sp³-hybridized carbons (Fsp3) is 0.429. The lowest BCUT2D eigenvalue weighted by atomic mass is 10.1. The number of nitrogens with zero attached hydrogens (tertiary/aromatic N) is 3. The summed E-state index contributed by atoms with van der Waals surface area (Å²) in [6.07, 6.45) is 3.94. The van der Waals surface area contributed by atoms with Crippen molar-refractivity contribution >= 4 is 11.6 Å². The van der Waals surface area contributed by atoms with Gasteiger partial charge in [0.15, 0.2) is 0 Å². The van der Waals surface area contributed by atoms with Crippen molar-refractivity contribution in [3.05, 3.63) is 45.0 Å². The first kappa shape index (κ1) is 15.1. The first-order valence-corrected chi connectivity index (χ1v) is 7.37. The number of imidazole rings is 1. The molecule has 2 aromatic heterocycles. The van der Waals surface area contributed by atoms with Crippen LogP contribution in [0.25, 0.3) is 0 Å². The van der Waals surface area contributed by atoms with Crippen molar-refractivity contribution in [3.8, 4) is 0 Å².